The maximum absolute atomic E-state index is 12.7. The molecule has 3 aromatic rings. The van der Waals surface area contributed by atoms with E-state index in [1.807, 2.05) is 43.3 Å². The van der Waals surface area contributed by atoms with Crippen LogP contribution in [0.2, 0.25) is 5.02 Å². The molecule has 3 rings (SSSR count). The fourth-order valence-corrected chi connectivity index (χ4v) is 3.97. The Hall–Kier alpha value is -2.74. The molecule has 0 aliphatic heterocycles. The van der Waals surface area contributed by atoms with E-state index < -0.39 is 15.9 Å². The number of amides is 1. The Kier molecular flexibility index (Phi) is 6.08. The summed E-state index contributed by atoms with van der Waals surface area (Å²) in [6.07, 6.45) is 1.63. The molecule has 0 fully saturated rings. The number of carbonyl (C=O) groups excluding carboxylic acids is 1. The Balaban J connectivity index is 1.79. The predicted molar refractivity (Wildman–Crippen MR) is 109 cm³/mol. The van der Waals surface area contributed by atoms with Gasteiger partial charge in [-0.1, -0.05) is 48.0 Å². The SMILES string of the molecule is Cc1ccc(NC(=O)c2ccc(Cl)c(S(=O)(=O)NCc3ccccc3)c2)nc1. The van der Waals surface area contributed by atoms with E-state index in [-0.39, 0.29) is 22.0 Å². The zero-order chi connectivity index (χ0) is 20.1. The van der Waals surface area contributed by atoms with Crippen LogP contribution in [-0.2, 0) is 16.6 Å². The highest BCUT2D eigenvalue weighted by atomic mass is 35.5. The van der Waals surface area contributed by atoms with Crippen LogP contribution < -0.4 is 10.0 Å². The van der Waals surface area contributed by atoms with Crippen LogP contribution in [0.15, 0.2) is 71.8 Å². The van der Waals surface area contributed by atoms with Gasteiger partial charge in [0.1, 0.15) is 10.7 Å². The van der Waals surface area contributed by atoms with Crippen LogP contribution >= 0.6 is 11.6 Å². The maximum atomic E-state index is 12.7. The average molecular weight is 416 g/mol. The lowest BCUT2D eigenvalue weighted by Gasteiger charge is -2.11. The van der Waals surface area contributed by atoms with Crippen LogP contribution in [-0.4, -0.2) is 19.3 Å². The first-order valence-electron chi connectivity index (χ1n) is 8.42. The number of carbonyl (C=O) groups is 1. The smallest absolute Gasteiger partial charge is 0.256 e. The number of hydrogen-bond donors (Lipinski definition) is 2. The second kappa shape index (κ2) is 8.52. The molecule has 0 saturated heterocycles. The van der Waals surface area contributed by atoms with E-state index in [1.54, 1.807) is 12.3 Å². The van der Waals surface area contributed by atoms with Gasteiger partial charge in [0.05, 0.1) is 5.02 Å². The zero-order valence-corrected chi connectivity index (χ0v) is 16.6. The van der Waals surface area contributed by atoms with Crippen molar-refractivity contribution < 1.29 is 13.2 Å². The number of aromatic nitrogens is 1. The molecular weight excluding hydrogens is 398 g/mol. The minimum absolute atomic E-state index is 0.0329. The first-order valence-corrected chi connectivity index (χ1v) is 10.3. The minimum atomic E-state index is -3.90. The molecule has 2 N–H and O–H groups in total. The van der Waals surface area contributed by atoms with Gasteiger partial charge >= 0.3 is 0 Å². The maximum Gasteiger partial charge on any atom is 0.256 e. The van der Waals surface area contributed by atoms with Crippen molar-refractivity contribution in [1.29, 1.82) is 0 Å². The van der Waals surface area contributed by atoms with E-state index in [4.69, 9.17) is 11.6 Å². The quantitative estimate of drug-likeness (QED) is 0.641. The monoisotopic (exact) mass is 415 g/mol. The summed E-state index contributed by atoms with van der Waals surface area (Å²) in [5.41, 5.74) is 1.93. The van der Waals surface area contributed by atoms with Crippen molar-refractivity contribution in [2.75, 3.05) is 5.32 Å². The summed E-state index contributed by atoms with van der Waals surface area (Å²) < 4.78 is 27.8. The standard InChI is InChI=1S/C20H18ClN3O3S/c1-14-7-10-19(22-12-14)24-20(25)16-8-9-17(21)18(11-16)28(26,27)23-13-15-5-3-2-4-6-15/h2-12,23H,13H2,1H3,(H,22,24,25). The molecular formula is C20H18ClN3O3S. The lowest BCUT2D eigenvalue weighted by Crippen LogP contribution is -2.24. The summed E-state index contributed by atoms with van der Waals surface area (Å²) in [4.78, 5) is 16.4. The van der Waals surface area contributed by atoms with Crippen LogP contribution in [0, 0.1) is 6.92 Å². The molecule has 1 heterocycles. The van der Waals surface area contributed by atoms with Crippen molar-refractivity contribution in [2.45, 2.75) is 18.4 Å². The molecule has 0 aliphatic rings. The van der Waals surface area contributed by atoms with E-state index in [2.05, 4.69) is 15.0 Å². The van der Waals surface area contributed by atoms with E-state index in [0.29, 0.717) is 5.82 Å². The van der Waals surface area contributed by atoms with E-state index in [1.165, 1.54) is 18.2 Å². The molecule has 0 saturated carbocycles. The van der Waals surface area contributed by atoms with Gasteiger partial charge in [0.2, 0.25) is 10.0 Å². The Morgan fingerprint density at radius 3 is 2.50 bits per heavy atom. The molecule has 0 radical (unpaired) electrons. The number of aryl methyl sites for hydroxylation is 1. The molecule has 0 unspecified atom stereocenters. The van der Waals surface area contributed by atoms with Gasteiger partial charge in [-0.25, -0.2) is 18.1 Å². The normalized spacial score (nSPS) is 11.2. The van der Waals surface area contributed by atoms with Crippen LogP contribution in [0.4, 0.5) is 5.82 Å². The minimum Gasteiger partial charge on any atom is -0.307 e. The highest BCUT2D eigenvalue weighted by molar-refractivity contribution is 7.89. The molecule has 0 aliphatic carbocycles. The van der Waals surface area contributed by atoms with Gasteiger partial charge in [-0.3, -0.25) is 4.79 Å². The first kappa shape index (κ1) is 20.0. The Labute approximate surface area is 168 Å². The van der Waals surface area contributed by atoms with E-state index in [9.17, 15) is 13.2 Å². The second-order valence-corrected chi connectivity index (χ2v) is 8.27. The van der Waals surface area contributed by atoms with Gasteiger partial charge in [-0.2, -0.15) is 0 Å². The summed E-state index contributed by atoms with van der Waals surface area (Å²) in [6.45, 7) is 2.00. The van der Waals surface area contributed by atoms with Crippen LogP contribution in [0.25, 0.3) is 0 Å². The largest absolute Gasteiger partial charge is 0.307 e. The molecule has 2 aromatic carbocycles. The third-order valence-electron chi connectivity index (χ3n) is 3.95. The summed E-state index contributed by atoms with van der Waals surface area (Å²) in [5, 5.41) is 2.67. The fraction of sp³-hybridized carbons (Fsp3) is 0.100. The molecule has 28 heavy (non-hydrogen) atoms. The van der Waals surface area contributed by atoms with Crippen LogP contribution in [0.3, 0.4) is 0 Å². The number of nitrogens with zero attached hydrogens (tertiary/aromatic N) is 1. The predicted octanol–water partition coefficient (Wildman–Crippen LogP) is 3.77. The summed E-state index contributed by atoms with van der Waals surface area (Å²) in [5.74, 6) is -0.107. The highest BCUT2D eigenvalue weighted by Gasteiger charge is 2.20. The van der Waals surface area contributed by atoms with E-state index in [0.717, 1.165) is 11.1 Å². The number of halogens is 1. The zero-order valence-electron chi connectivity index (χ0n) is 15.0. The van der Waals surface area contributed by atoms with Crippen molar-refractivity contribution in [2.24, 2.45) is 0 Å². The van der Waals surface area contributed by atoms with Crippen LogP contribution in [0.5, 0.6) is 0 Å². The Bertz CT molecular complexity index is 1090. The first-order chi connectivity index (χ1) is 13.3. The number of rotatable bonds is 6. The number of anilines is 1. The number of hydrogen-bond acceptors (Lipinski definition) is 4. The van der Waals surface area contributed by atoms with Crippen LogP contribution in [0.1, 0.15) is 21.5 Å². The van der Waals surface area contributed by atoms with Crippen molar-refractivity contribution in [3.63, 3.8) is 0 Å². The summed E-state index contributed by atoms with van der Waals surface area (Å²) in [6, 6.07) is 16.7. The molecule has 0 bridgehead atoms. The van der Waals surface area contributed by atoms with Crippen molar-refractivity contribution in [3.8, 4) is 0 Å². The third-order valence-corrected chi connectivity index (χ3v) is 5.83. The Morgan fingerprint density at radius 2 is 1.82 bits per heavy atom. The lowest BCUT2D eigenvalue weighted by atomic mass is 10.2. The molecule has 0 atom stereocenters. The van der Waals surface area contributed by atoms with Crippen molar-refractivity contribution >= 4 is 33.3 Å². The highest BCUT2D eigenvalue weighted by Crippen LogP contribution is 2.23. The number of benzene rings is 2. The number of nitrogens with one attached hydrogen (secondary N) is 2. The lowest BCUT2D eigenvalue weighted by molar-refractivity contribution is 0.102. The molecule has 1 amide bonds. The molecule has 1 aromatic heterocycles. The number of pyridine rings is 1. The number of sulfonamides is 1. The van der Waals surface area contributed by atoms with Crippen molar-refractivity contribution in [3.05, 3.63) is 88.6 Å². The van der Waals surface area contributed by atoms with E-state index >= 15 is 0 Å². The van der Waals surface area contributed by atoms with Gasteiger partial charge in [-0.05, 0) is 42.3 Å². The van der Waals surface area contributed by atoms with Gasteiger partial charge in [0.15, 0.2) is 0 Å². The third kappa shape index (κ3) is 4.95. The van der Waals surface area contributed by atoms with Gasteiger partial charge in [-0.15, -0.1) is 0 Å². The topological polar surface area (TPSA) is 88.2 Å². The molecule has 0 spiro atoms. The Morgan fingerprint density at radius 1 is 1.07 bits per heavy atom. The molecule has 8 heteroatoms. The molecule has 6 nitrogen and oxygen atoms in total. The average Bonchev–Trinajstić information content (AvgIpc) is 2.69. The van der Waals surface area contributed by atoms with Gasteiger partial charge in [0, 0.05) is 18.3 Å². The second-order valence-electron chi connectivity index (χ2n) is 6.13. The summed E-state index contributed by atoms with van der Waals surface area (Å²) >= 11 is 6.08. The molecule has 144 valence electrons. The van der Waals surface area contributed by atoms with Crippen molar-refractivity contribution in [1.82, 2.24) is 9.71 Å². The summed E-state index contributed by atoms with van der Waals surface area (Å²) in [7, 11) is -3.90. The van der Waals surface area contributed by atoms with Gasteiger partial charge < -0.3 is 5.32 Å². The fourth-order valence-electron chi connectivity index (χ4n) is 2.43. The van der Waals surface area contributed by atoms with Gasteiger partial charge in [0.25, 0.3) is 5.91 Å².